The van der Waals surface area contributed by atoms with Crippen molar-refractivity contribution in [3.8, 4) is 12.3 Å². The molecule has 0 aliphatic heterocycles. The largest absolute Gasteiger partial charge is 0.492 e. The quantitative estimate of drug-likeness (QED) is 0.100. The third kappa shape index (κ3) is 15.0. The highest BCUT2D eigenvalue weighted by Gasteiger charge is 2.32. The second-order valence-electron chi connectivity index (χ2n) is 10.0. The van der Waals surface area contributed by atoms with Gasteiger partial charge in [0.1, 0.15) is 12.4 Å². The molecular formula is C35H43F3N2O3. The molecule has 0 aromatic heterocycles. The molecule has 1 atom stereocenters. The summed E-state index contributed by atoms with van der Waals surface area (Å²) in [5, 5.41) is 5.38. The molecule has 43 heavy (non-hydrogen) atoms. The third-order valence-electron chi connectivity index (χ3n) is 6.16. The van der Waals surface area contributed by atoms with Gasteiger partial charge in [0.15, 0.2) is 0 Å². The molecule has 8 heteroatoms. The van der Waals surface area contributed by atoms with Crippen LogP contribution in [0.4, 0.5) is 13.2 Å². The van der Waals surface area contributed by atoms with Crippen molar-refractivity contribution in [3.05, 3.63) is 102 Å². The number of amides is 2. The smallest absolute Gasteiger partial charge is 0.416 e. The van der Waals surface area contributed by atoms with E-state index in [1.54, 1.807) is 13.8 Å². The second-order valence-corrected chi connectivity index (χ2v) is 10.0. The monoisotopic (exact) mass is 596 g/mol. The number of terminal acetylenes is 1. The molecule has 0 spiro atoms. The van der Waals surface area contributed by atoms with E-state index in [4.69, 9.17) is 11.2 Å². The van der Waals surface area contributed by atoms with Crippen molar-refractivity contribution < 1.29 is 27.5 Å². The van der Waals surface area contributed by atoms with Crippen LogP contribution in [0.25, 0.3) is 5.76 Å². The molecule has 1 unspecified atom stereocenters. The number of carbonyl (C=O) groups is 2. The molecule has 2 rings (SSSR count). The van der Waals surface area contributed by atoms with Crippen LogP contribution in [0.5, 0.6) is 0 Å². The van der Waals surface area contributed by atoms with Crippen molar-refractivity contribution in [1.82, 2.24) is 10.6 Å². The molecular weight excluding hydrogens is 553 g/mol. The summed E-state index contributed by atoms with van der Waals surface area (Å²) in [5.41, 5.74) is 1.05. The Kier molecular flexibility index (Phi) is 16.9. The first-order valence-corrected chi connectivity index (χ1v) is 14.3. The summed E-state index contributed by atoms with van der Waals surface area (Å²) in [4.78, 5) is 23.2. The molecule has 0 fully saturated rings. The van der Waals surface area contributed by atoms with Crippen molar-refractivity contribution in [2.45, 2.75) is 66.1 Å². The van der Waals surface area contributed by atoms with Crippen LogP contribution in [0, 0.1) is 24.2 Å². The van der Waals surface area contributed by atoms with Gasteiger partial charge < -0.3 is 15.4 Å². The van der Waals surface area contributed by atoms with Gasteiger partial charge in [-0.2, -0.15) is 13.2 Å². The fraction of sp³-hybridized carbons (Fsp3) is 0.371. The number of halogens is 3. The van der Waals surface area contributed by atoms with Crippen LogP contribution >= 0.6 is 0 Å². The Bertz CT molecular complexity index is 1260. The highest BCUT2D eigenvalue weighted by atomic mass is 19.4. The molecule has 2 aromatic rings. The molecule has 5 nitrogen and oxygen atoms in total. The van der Waals surface area contributed by atoms with Crippen LogP contribution in [0.15, 0.2) is 85.1 Å². The highest BCUT2D eigenvalue weighted by molar-refractivity contribution is 5.78. The van der Waals surface area contributed by atoms with Gasteiger partial charge in [0.25, 0.3) is 0 Å². The second kappa shape index (κ2) is 19.8. The fourth-order valence-corrected chi connectivity index (χ4v) is 3.58. The summed E-state index contributed by atoms with van der Waals surface area (Å²) in [6.45, 7) is 11.5. The van der Waals surface area contributed by atoms with Crippen molar-refractivity contribution in [2.24, 2.45) is 11.8 Å². The molecule has 232 valence electrons. The van der Waals surface area contributed by atoms with Crippen molar-refractivity contribution >= 4 is 17.6 Å². The summed E-state index contributed by atoms with van der Waals surface area (Å²) < 4.78 is 43.6. The van der Waals surface area contributed by atoms with Crippen LogP contribution in [0.2, 0.25) is 0 Å². The maximum Gasteiger partial charge on any atom is 0.416 e. The van der Waals surface area contributed by atoms with Crippen LogP contribution in [0.1, 0.15) is 70.1 Å². The summed E-state index contributed by atoms with van der Waals surface area (Å²) in [6.07, 6.45) is 10.4. The highest BCUT2D eigenvalue weighted by Crippen LogP contribution is 2.31. The van der Waals surface area contributed by atoms with Crippen LogP contribution in [-0.2, 0) is 27.0 Å². The molecule has 0 aliphatic rings. The molecule has 0 heterocycles. The normalized spacial score (nSPS) is 12.1. The minimum Gasteiger partial charge on any atom is -0.492 e. The minimum atomic E-state index is -4.39. The van der Waals surface area contributed by atoms with Crippen molar-refractivity contribution in [2.75, 3.05) is 6.61 Å². The lowest BCUT2D eigenvalue weighted by Gasteiger charge is -2.13. The topological polar surface area (TPSA) is 67.4 Å². The lowest BCUT2D eigenvalue weighted by atomic mass is 10.1. The number of hydrogen-bond donors (Lipinski definition) is 2. The molecule has 0 aliphatic carbocycles. The molecule has 2 N–H and O–H groups in total. The number of alkyl halides is 3. The zero-order valence-electron chi connectivity index (χ0n) is 25.5. The first-order chi connectivity index (χ1) is 20.4. The van der Waals surface area contributed by atoms with E-state index < -0.39 is 11.7 Å². The third-order valence-corrected chi connectivity index (χ3v) is 6.16. The van der Waals surface area contributed by atoms with Crippen LogP contribution < -0.4 is 10.6 Å². The lowest BCUT2D eigenvalue weighted by Crippen LogP contribution is -2.28. The molecule has 0 bridgehead atoms. The zero-order chi connectivity index (χ0) is 32.3. The summed E-state index contributed by atoms with van der Waals surface area (Å²) in [7, 11) is 0. The van der Waals surface area contributed by atoms with E-state index in [0.29, 0.717) is 18.8 Å². The maximum atomic E-state index is 12.6. The van der Waals surface area contributed by atoms with Crippen LogP contribution in [-0.4, -0.2) is 18.4 Å². The number of ether oxygens (including phenoxy) is 1. The van der Waals surface area contributed by atoms with E-state index in [0.717, 1.165) is 36.6 Å². The predicted octanol–water partition coefficient (Wildman–Crippen LogP) is 8.06. The average Bonchev–Trinajstić information content (AvgIpc) is 2.99. The molecule has 0 saturated heterocycles. The molecule has 2 aromatic carbocycles. The van der Waals surface area contributed by atoms with Gasteiger partial charge in [-0.1, -0.05) is 107 Å². The Morgan fingerprint density at radius 2 is 1.72 bits per heavy atom. The average molecular weight is 597 g/mol. The molecule has 0 saturated carbocycles. The number of allylic oxidation sites excluding steroid dienone is 2. The van der Waals surface area contributed by atoms with Gasteiger partial charge in [-0.25, -0.2) is 0 Å². The molecule has 0 radical (unpaired) electrons. The van der Waals surface area contributed by atoms with E-state index in [9.17, 15) is 22.8 Å². The number of nitrogens with one attached hydrogen (secondary N) is 2. The van der Waals surface area contributed by atoms with Crippen LogP contribution in [0.3, 0.4) is 0 Å². The van der Waals surface area contributed by atoms with Gasteiger partial charge in [0.2, 0.25) is 11.8 Å². The number of carbonyl (C=O) groups excluding carboxylic acids is 2. The Morgan fingerprint density at radius 3 is 2.30 bits per heavy atom. The SMILES string of the molecule is C#CC(/C=C\C(=C/C)NC(=O)CCCCC)COC(=C)c1ccccc1.CC(C)C(=O)NCc1ccccc1C(F)(F)F. The first-order valence-electron chi connectivity index (χ1n) is 14.3. The Labute approximate surface area is 254 Å². The van der Waals surface area contributed by atoms with Crippen molar-refractivity contribution in [1.29, 1.82) is 0 Å². The Hall–Kier alpha value is -4.25. The first kappa shape index (κ1) is 36.8. The van der Waals surface area contributed by atoms with Gasteiger partial charge >= 0.3 is 6.18 Å². The lowest BCUT2D eigenvalue weighted by molar-refractivity contribution is -0.138. The van der Waals surface area contributed by atoms with Gasteiger partial charge in [0, 0.05) is 30.1 Å². The Balaban J connectivity index is 0.000000469. The Morgan fingerprint density at radius 1 is 1.07 bits per heavy atom. The zero-order valence-corrected chi connectivity index (χ0v) is 25.5. The van der Waals surface area contributed by atoms with Crippen molar-refractivity contribution in [3.63, 3.8) is 0 Å². The summed E-state index contributed by atoms with van der Waals surface area (Å²) >= 11 is 0. The van der Waals surface area contributed by atoms with E-state index in [-0.39, 0.29) is 35.8 Å². The van der Waals surface area contributed by atoms with E-state index in [2.05, 4.69) is 30.1 Å². The maximum absolute atomic E-state index is 12.6. The number of rotatable bonds is 14. The van der Waals surface area contributed by atoms with E-state index in [1.807, 2.05) is 55.5 Å². The standard InChI is InChI=1S/C23H29NO2.C12H14F3NO/c1-5-8-10-15-23(25)24-22(7-3)17-16-20(6-2)18-26-19(4)21-13-11-9-12-14-21;1-8(2)11(17)16-7-9-5-3-4-6-10(9)12(13,14)15/h2,7,9,11-14,16-17,20H,4-5,8,10,15,18H2,1,3H3,(H,24,25);3-6,8H,7H2,1-2H3,(H,16,17)/b17-16-,22-7+;. The molecule has 2 amide bonds. The van der Waals surface area contributed by atoms with Gasteiger partial charge in [-0.15, -0.1) is 6.42 Å². The summed E-state index contributed by atoms with van der Waals surface area (Å²) in [6, 6.07) is 14.9. The number of unbranched alkanes of at least 4 members (excludes halogenated alkanes) is 2. The fourth-order valence-electron chi connectivity index (χ4n) is 3.58. The number of benzene rings is 2. The predicted molar refractivity (Wildman–Crippen MR) is 167 cm³/mol. The van der Waals surface area contributed by atoms with Gasteiger partial charge in [-0.05, 0) is 31.1 Å². The van der Waals surface area contributed by atoms with E-state index in [1.165, 1.54) is 18.2 Å². The number of hydrogen-bond acceptors (Lipinski definition) is 3. The van der Waals surface area contributed by atoms with Gasteiger partial charge in [-0.3, -0.25) is 9.59 Å². The minimum absolute atomic E-state index is 0.0298. The van der Waals surface area contributed by atoms with Gasteiger partial charge in [0.05, 0.1) is 11.5 Å². The van der Waals surface area contributed by atoms with E-state index >= 15 is 0 Å². The summed E-state index contributed by atoms with van der Waals surface area (Å²) in [5.74, 6) is 2.60.